The van der Waals surface area contributed by atoms with Crippen LogP contribution in [0, 0.1) is 6.92 Å². The second-order valence-corrected chi connectivity index (χ2v) is 5.07. The monoisotopic (exact) mass is 239 g/mol. The molecule has 0 aliphatic rings. The summed E-state index contributed by atoms with van der Waals surface area (Å²) in [6.45, 7) is 2.16. The van der Waals surface area contributed by atoms with Gasteiger partial charge in [0.05, 0.1) is 0 Å². The van der Waals surface area contributed by atoms with Gasteiger partial charge in [0.1, 0.15) is 0 Å². The van der Waals surface area contributed by atoms with Crippen molar-refractivity contribution in [1.29, 1.82) is 0 Å². The number of nitrogens with zero attached hydrogens (tertiary/aromatic N) is 1. The van der Waals surface area contributed by atoms with Gasteiger partial charge in [0.2, 0.25) is 0 Å². The first kappa shape index (κ1) is 12.5. The Morgan fingerprint density at radius 2 is 1.79 bits per heavy atom. The van der Waals surface area contributed by atoms with Gasteiger partial charge < -0.3 is 4.57 Å². The first-order valence-electron chi connectivity index (χ1n) is 6.29. The molecule has 0 aliphatic heterocycles. The van der Waals surface area contributed by atoms with E-state index >= 15 is 0 Å². The van der Waals surface area contributed by atoms with Crippen LogP contribution in [-0.2, 0) is 7.05 Å². The Kier molecular flexibility index (Phi) is 2.78. The van der Waals surface area contributed by atoms with Crippen LogP contribution in [-0.4, -0.2) is 4.57 Å². The number of aromatic nitrogens is 1. The molecule has 0 amide bonds. The molecule has 1 heterocycles. The molecule has 0 unspecified atom stereocenters. The Bertz CT molecular complexity index is 896. The van der Waals surface area contributed by atoms with E-state index in [9.17, 15) is 0 Å². The van der Waals surface area contributed by atoms with Crippen molar-refractivity contribution >= 4 is 32.6 Å². The topological polar surface area (TPSA) is 4.93 Å². The van der Waals surface area contributed by atoms with Crippen molar-refractivity contribution in [1.82, 2.24) is 4.57 Å². The smallest absolute Gasteiger partial charge is 0.362 e. The van der Waals surface area contributed by atoms with Crippen LogP contribution >= 0.6 is 0 Å². The third-order valence-corrected chi connectivity index (χ3v) is 3.92. The normalized spacial score (nSPS) is 11.3. The average Bonchev–Trinajstić information content (AvgIpc) is 2.87. The van der Waals surface area contributed by atoms with E-state index in [2.05, 4.69) is 67.1 Å². The second-order valence-electron chi connectivity index (χ2n) is 5.07. The number of aryl methyl sites for hydroxylation is 2. The van der Waals surface area contributed by atoms with Crippen LogP contribution < -0.4 is 18.9 Å². The van der Waals surface area contributed by atoms with Gasteiger partial charge in [0, 0.05) is 12.6 Å². The van der Waals surface area contributed by atoms with Crippen molar-refractivity contribution in [3.63, 3.8) is 0 Å². The summed E-state index contributed by atoms with van der Waals surface area (Å²) < 4.78 is 2.30. The van der Waals surface area contributed by atoms with Crippen molar-refractivity contribution in [2.24, 2.45) is 7.05 Å². The van der Waals surface area contributed by atoms with Gasteiger partial charge in [-0.2, -0.15) is 0 Å². The fourth-order valence-electron chi connectivity index (χ4n) is 3.03. The summed E-state index contributed by atoms with van der Waals surface area (Å²) in [5, 5.41) is 5.46. The van der Waals surface area contributed by atoms with Crippen LogP contribution in [0.25, 0.3) is 32.6 Å². The summed E-state index contributed by atoms with van der Waals surface area (Å²) >= 11 is 0. The fraction of sp³-hybridized carbons (Fsp3) is 0.118. The van der Waals surface area contributed by atoms with E-state index in [1.807, 2.05) is 0 Å². The summed E-state index contributed by atoms with van der Waals surface area (Å²) in [7, 11) is 2.15. The van der Waals surface area contributed by atoms with Crippen LogP contribution in [0.3, 0.4) is 0 Å². The first-order chi connectivity index (χ1) is 8.75. The molecule has 88 valence electrons. The van der Waals surface area contributed by atoms with Crippen LogP contribution in [0.4, 0.5) is 0 Å². The van der Waals surface area contributed by atoms with Crippen molar-refractivity contribution in [2.45, 2.75) is 6.92 Å². The molecular weight excluding hydrogens is 225 g/mol. The van der Waals surface area contributed by atoms with Gasteiger partial charge in [-0.3, -0.25) is 0 Å². The molecule has 0 bridgehead atoms. The van der Waals surface area contributed by atoms with Crippen LogP contribution in [0.15, 0.2) is 48.5 Å². The van der Waals surface area contributed by atoms with Gasteiger partial charge in [-0.05, 0) is 23.9 Å². The molecule has 19 heavy (non-hydrogen) atoms. The predicted octanol–water partition coefficient (Wildman–Crippen LogP) is 1.52. The van der Waals surface area contributed by atoms with E-state index in [-0.39, 0.29) is 18.9 Å². The Morgan fingerprint density at radius 1 is 1.00 bits per heavy atom. The fourth-order valence-corrected chi connectivity index (χ4v) is 3.03. The average molecular weight is 239 g/mol. The molecule has 0 fully saturated rings. The third kappa shape index (κ3) is 1.59. The Balaban J connectivity index is 0.00000110. The quantitative estimate of drug-likeness (QED) is 0.324. The minimum absolute atomic E-state index is 0. The number of rotatable bonds is 0. The Morgan fingerprint density at radius 3 is 2.63 bits per heavy atom. The molecule has 0 atom stereocenters. The maximum Gasteiger partial charge on any atom is 1.00 e. The largest absolute Gasteiger partial charge is 1.00 e. The maximum atomic E-state index is 2.30. The van der Waals surface area contributed by atoms with Gasteiger partial charge in [-0.25, -0.2) is 0 Å². The maximum absolute atomic E-state index is 2.30. The molecule has 3 aromatic carbocycles. The molecule has 0 spiro atoms. The molecule has 4 rings (SSSR count). The van der Waals surface area contributed by atoms with Gasteiger partial charge in [-0.1, -0.05) is 29.1 Å². The molecule has 0 N–H and O–H groups in total. The zero-order valence-corrected chi connectivity index (χ0v) is 11.6. The van der Waals surface area contributed by atoms with Crippen LogP contribution in [0.2, 0.25) is 0 Å². The van der Waals surface area contributed by atoms with E-state index in [1.54, 1.807) is 0 Å². The van der Waals surface area contributed by atoms with Crippen molar-refractivity contribution in [3.05, 3.63) is 54.1 Å². The van der Waals surface area contributed by atoms with Gasteiger partial charge in [0.15, 0.2) is 0 Å². The number of hydrogen-bond donors (Lipinski definition) is 0. The minimum Gasteiger partial charge on any atom is -0.362 e. The summed E-state index contributed by atoms with van der Waals surface area (Å²) in [4.78, 5) is 0. The molecule has 1 aromatic heterocycles. The van der Waals surface area contributed by atoms with E-state index in [0.29, 0.717) is 0 Å². The molecule has 0 saturated carbocycles. The van der Waals surface area contributed by atoms with E-state index < -0.39 is 0 Å². The summed E-state index contributed by atoms with van der Waals surface area (Å²) in [6, 6.07) is 17.6. The van der Waals surface area contributed by atoms with Gasteiger partial charge >= 0.3 is 18.9 Å². The van der Waals surface area contributed by atoms with E-state index in [0.717, 1.165) is 0 Å². The van der Waals surface area contributed by atoms with Crippen molar-refractivity contribution < 1.29 is 18.9 Å². The summed E-state index contributed by atoms with van der Waals surface area (Å²) in [5.41, 5.74) is 3.97. The second kappa shape index (κ2) is 4.23. The molecule has 0 aliphatic carbocycles. The molecule has 1 nitrogen and oxygen atoms in total. The predicted molar refractivity (Wildman–Crippen MR) is 78.3 cm³/mol. The first-order valence-corrected chi connectivity index (χ1v) is 6.29. The van der Waals surface area contributed by atoms with Gasteiger partial charge in [-0.15, -0.1) is 35.0 Å². The van der Waals surface area contributed by atoms with E-state index in [4.69, 9.17) is 0 Å². The molecular formula is C17H14LiN. The van der Waals surface area contributed by atoms with Gasteiger partial charge in [0.25, 0.3) is 0 Å². The third-order valence-electron chi connectivity index (χ3n) is 3.92. The SMILES string of the molecule is Cc1ccc2c(c1)c1c3ccccc3[cH-]c1n2C.[Li+]. The van der Waals surface area contributed by atoms with Crippen molar-refractivity contribution in [3.8, 4) is 0 Å². The Hall–Kier alpha value is -1.55. The Labute approximate surface area is 124 Å². The van der Waals surface area contributed by atoms with Crippen LogP contribution in [0.5, 0.6) is 0 Å². The standard InChI is InChI=1S/C17H14N.Li/c1-11-7-8-15-14(9-11)17-13-6-4-3-5-12(13)10-16(17)18(15)2;/h3-10H,1-2H3;/q-1;+1. The zero-order valence-electron chi connectivity index (χ0n) is 11.6. The number of hydrogen-bond acceptors (Lipinski definition) is 0. The van der Waals surface area contributed by atoms with Crippen molar-refractivity contribution in [2.75, 3.05) is 0 Å². The number of benzene rings is 2. The van der Waals surface area contributed by atoms with Crippen LogP contribution in [0.1, 0.15) is 5.56 Å². The van der Waals surface area contributed by atoms with E-state index in [1.165, 1.54) is 38.1 Å². The number of fused-ring (bicyclic) bond motifs is 5. The minimum atomic E-state index is 0. The zero-order chi connectivity index (χ0) is 12.3. The molecule has 4 aromatic rings. The molecule has 0 radical (unpaired) electrons. The molecule has 0 saturated heterocycles. The summed E-state index contributed by atoms with van der Waals surface area (Å²) in [6.07, 6.45) is 0. The summed E-state index contributed by atoms with van der Waals surface area (Å²) in [5.74, 6) is 0. The molecule has 2 heteroatoms.